The molecule has 2 aromatic carbocycles. The first kappa shape index (κ1) is 14.5. The van der Waals surface area contributed by atoms with Crippen molar-refractivity contribution in [2.45, 2.75) is 6.54 Å². The van der Waals surface area contributed by atoms with Crippen LogP contribution in [0.4, 0.5) is 5.69 Å². The van der Waals surface area contributed by atoms with E-state index in [2.05, 4.69) is 21.2 Å². The summed E-state index contributed by atoms with van der Waals surface area (Å²) in [5.41, 5.74) is 0.975. The van der Waals surface area contributed by atoms with E-state index in [4.69, 9.17) is 4.74 Å². The average Bonchev–Trinajstić information content (AvgIpc) is 2.42. The van der Waals surface area contributed by atoms with Crippen molar-refractivity contribution in [3.05, 3.63) is 62.6 Å². The highest BCUT2D eigenvalue weighted by molar-refractivity contribution is 9.10. The number of ether oxygens (including phenoxy) is 1. The third-order valence-corrected chi connectivity index (χ3v) is 3.14. The van der Waals surface area contributed by atoms with Gasteiger partial charge in [-0.1, -0.05) is 22.0 Å². The Morgan fingerprint density at radius 3 is 2.80 bits per heavy atom. The van der Waals surface area contributed by atoms with E-state index < -0.39 is 4.92 Å². The van der Waals surface area contributed by atoms with Crippen molar-refractivity contribution in [1.82, 2.24) is 5.32 Å². The lowest BCUT2D eigenvalue weighted by molar-refractivity contribution is -0.384. The van der Waals surface area contributed by atoms with Crippen molar-refractivity contribution in [1.29, 1.82) is 0 Å². The Balaban J connectivity index is 2.29. The van der Waals surface area contributed by atoms with Crippen molar-refractivity contribution in [3.8, 4) is 11.5 Å². The number of nitro benzene ring substituents is 1. The van der Waals surface area contributed by atoms with Crippen molar-refractivity contribution in [2.75, 3.05) is 7.05 Å². The predicted octanol–water partition coefficient (Wildman–Crippen LogP) is 3.87. The highest BCUT2D eigenvalue weighted by Gasteiger charge is 2.09. The third kappa shape index (κ3) is 3.55. The first-order valence-electron chi connectivity index (χ1n) is 5.95. The average molecular weight is 337 g/mol. The molecule has 0 aromatic heterocycles. The maximum absolute atomic E-state index is 10.8. The van der Waals surface area contributed by atoms with Gasteiger partial charge in [-0.25, -0.2) is 0 Å². The van der Waals surface area contributed by atoms with Crippen LogP contribution in [-0.2, 0) is 6.54 Å². The van der Waals surface area contributed by atoms with E-state index in [-0.39, 0.29) is 5.69 Å². The van der Waals surface area contributed by atoms with Crippen LogP contribution in [0.5, 0.6) is 11.5 Å². The summed E-state index contributed by atoms with van der Waals surface area (Å²) < 4.78 is 6.70. The highest BCUT2D eigenvalue weighted by atomic mass is 79.9. The van der Waals surface area contributed by atoms with Gasteiger partial charge in [0.25, 0.3) is 5.69 Å². The zero-order valence-corrected chi connectivity index (χ0v) is 12.4. The van der Waals surface area contributed by atoms with Crippen molar-refractivity contribution in [3.63, 3.8) is 0 Å². The van der Waals surface area contributed by atoms with Crippen LogP contribution in [0.15, 0.2) is 46.9 Å². The minimum Gasteiger partial charge on any atom is -0.457 e. The van der Waals surface area contributed by atoms with Gasteiger partial charge >= 0.3 is 0 Å². The Bertz CT molecular complexity index is 632. The van der Waals surface area contributed by atoms with Crippen molar-refractivity contribution < 1.29 is 9.66 Å². The van der Waals surface area contributed by atoms with Gasteiger partial charge in [-0.05, 0) is 31.3 Å². The molecule has 0 radical (unpaired) electrons. The zero-order chi connectivity index (χ0) is 14.5. The minimum absolute atomic E-state index is 0.00905. The van der Waals surface area contributed by atoms with Gasteiger partial charge in [0.05, 0.1) is 11.0 Å². The van der Waals surface area contributed by atoms with Crippen LogP contribution >= 0.6 is 15.9 Å². The van der Waals surface area contributed by atoms with Crippen LogP contribution < -0.4 is 10.1 Å². The molecule has 0 fully saturated rings. The standard InChI is InChI=1S/C14H13BrN2O3/c1-16-9-10-7-11(15)5-6-14(10)20-13-4-2-3-12(8-13)17(18)19/h2-8,16H,9H2,1H3. The summed E-state index contributed by atoms with van der Waals surface area (Å²) in [6.07, 6.45) is 0. The fraction of sp³-hybridized carbons (Fsp3) is 0.143. The van der Waals surface area contributed by atoms with Crippen LogP contribution in [0.2, 0.25) is 0 Å². The number of hydrogen-bond donors (Lipinski definition) is 1. The molecule has 6 heteroatoms. The smallest absolute Gasteiger partial charge is 0.273 e. The van der Waals surface area contributed by atoms with Gasteiger partial charge in [0, 0.05) is 22.6 Å². The molecule has 1 N–H and O–H groups in total. The summed E-state index contributed by atoms with van der Waals surface area (Å²) in [6, 6.07) is 11.8. The molecule has 20 heavy (non-hydrogen) atoms. The quantitative estimate of drug-likeness (QED) is 0.664. The number of nitro groups is 1. The molecule has 0 saturated heterocycles. The first-order valence-corrected chi connectivity index (χ1v) is 6.75. The molecule has 0 saturated carbocycles. The van der Waals surface area contributed by atoms with E-state index in [0.717, 1.165) is 10.0 Å². The van der Waals surface area contributed by atoms with Gasteiger partial charge < -0.3 is 10.1 Å². The molecule has 0 heterocycles. The molecule has 0 aliphatic carbocycles. The minimum atomic E-state index is -0.442. The summed E-state index contributed by atoms with van der Waals surface area (Å²) >= 11 is 3.41. The van der Waals surface area contributed by atoms with E-state index >= 15 is 0 Å². The van der Waals surface area contributed by atoms with Crippen molar-refractivity contribution in [2.24, 2.45) is 0 Å². The molecule has 0 aliphatic rings. The molecule has 104 valence electrons. The molecule has 2 rings (SSSR count). The van der Waals surface area contributed by atoms with Gasteiger partial charge in [-0.2, -0.15) is 0 Å². The Morgan fingerprint density at radius 1 is 1.30 bits per heavy atom. The fourth-order valence-electron chi connectivity index (χ4n) is 1.76. The second-order valence-corrected chi connectivity index (χ2v) is 5.05. The molecular weight excluding hydrogens is 324 g/mol. The number of rotatable bonds is 5. The Kier molecular flexibility index (Phi) is 4.70. The zero-order valence-electron chi connectivity index (χ0n) is 10.8. The fourth-order valence-corrected chi connectivity index (χ4v) is 2.17. The summed E-state index contributed by atoms with van der Waals surface area (Å²) in [7, 11) is 1.85. The third-order valence-electron chi connectivity index (χ3n) is 2.65. The maximum atomic E-state index is 10.8. The van der Waals surface area contributed by atoms with Crippen molar-refractivity contribution >= 4 is 21.6 Å². The molecule has 5 nitrogen and oxygen atoms in total. The van der Waals surface area contributed by atoms with E-state index in [1.54, 1.807) is 12.1 Å². The molecule has 0 aliphatic heterocycles. The molecule has 0 spiro atoms. The largest absolute Gasteiger partial charge is 0.457 e. The van der Waals surface area contributed by atoms with E-state index in [1.165, 1.54) is 12.1 Å². The molecule has 2 aromatic rings. The van der Waals surface area contributed by atoms with Gasteiger partial charge in [0.15, 0.2) is 0 Å². The number of halogens is 1. The molecule has 0 amide bonds. The maximum Gasteiger partial charge on any atom is 0.273 e. The topological polar surface area (TPSA) is 64.4 Å². The van der Waals surface area contributed by atoms with Gasteiger partial charge in [0.1, 0.15) is 11.5 Å². The van der Waals surface area contributed by atoms with Crippen LogP contribution in [0.1, 0.15) is 5.56 Å². The second-order valence-electron chi connectivity index (χ2n) is 4.14. The SMILES string of the molecule is CNCc1cc(Br)ccc1Oc1cccc([N+](=O)[O-])c1. The Hall–Kier alpha value is -1.92. The number of hydrogen-bond acceptors (Lipinski definition) is 4. The van der Waals surface area contributed by atoms with Crippen LogP contribution in [-0.4, -0.2) is 12.0 Å². The summed E-state index contributed by atoms with van der Waals surface area (Å²) in [5.74, 6) is 1.11. The van der Waals surface area contributed by atoms with Crippen LogP contribution in [0, 0.1) is 10.1 Å². The number of nitrogens with zero attached hydrogens (tertiary/aromatic N) is 1. The van der Waals surface area contributed by atoms with Gasteiger partial charge in [-0.3, -0.25) is 10.1 Å². The lowest BCUT2D eigenvalue weighted by atomic mass is 10.2. The molecule has 0 bridgehead atoms. The predicted molar refractivity (Wildman–Crippen MR) is 80.1 cm³/mol. The first-order chi connectivity index (χ1) is 9.60. The number of benzene rings is 2. The van der Waals surface area contributed by atoms with Gasteiger partial charge in [0.2, 0.25) is 0 Å². The van der Waals surface area contributed by atoms with E-state index in [1.807, 2.05) is 25.2 Å². The molecule has 0 atom stereocenters. The molecular formula is C14H13BrN2O3. The Labute approximate surface area is 124 Å². The number of nitrogens with one attached hydrogen (secondary N) is 1. The number of non-ortho nitro benzene ring substituents is 1. The second kappa shape index (κ2) is 6.49. The van der Waals surface area contributed by atoms with Crippen LogP contribution in [0.25, 0.3) is 0 Å². The summed E-state index contributed by atoms with van der Waals surface area (Å²) in [4.78, 5) is 10.3. The highest BCUT2D eigenvalue weighted by Crippen LogP contribution is 2.29. The summed E-state index contributed by atoms with van der Waals surface area (Å²) in [6.45, 7) is 0.643. The van der Waals surface area contributed by atoms with E-state index in [9.17, 15) is 10.1 Å². The lowest BCUT2D eigenvalue weighted by Gasteiger charge is -2.11. The van der Waals surface area contributed by atoms with E-state index in [0.29, 0.717) is 18.0 Å². The molecule has 0 unspecified atom stereocenters. The lowest BCUT2D eigenvalue weighted by Crippen LogP contribution is -2.06. The monoisotopic (exact) mass is 336 g/mol. The van der Waals surface area contributed by atoms with Gasteiger partial charge in [-0.15, -0.1) is 0 Å². The Morgan fingerprint density at radius 2 is 2.10 bits per heavy atom. The summed E-state index contributed by atoms with van der Waals surface area (Å²) in [5, 5.41) is 13.8. The normalized spacial score (nSPS) is 10.3. The van der Waals surface area contributed by atoms with Crippen LogP contribution in [0.3, 0.4) is 0 Å².